The SMILES string of the molecule is O=C(Nc1ccccc1C(F)(F)F)c1cccc(N2C(=O)[C@H]3C[C@H](c4ccccc4)CC[C@H]3C2=O)c1. The Morgan fingerprint density at radius 2 is 1.53 bits per heavy atom. The maximum atomic E-state index is 13.3. The summed E-state index contributed by atoms with van der Waals surface area (Å²) in [5.41, 5.74) is 0.102. The molecule has 0 bridgehead atoms. The second-order valence-electron chi connectivity index (χ2n) is 9.19. The van der Waals surface area contributed by atoms with Crippen molar-refractivity contribution in [3.63, 3.8) is 0 Å². The summed E-state index contributed by atoms with van der Waals surface area (Å²) in [4.78, 5) is 40.5. The third-order valence-corrected chi connectivity index (χ3v) is 7.04. The number of nitrogens with one attached hydrogen (secondary N) is 1. The smallest absolute Gasteiger partial charge is 0.321 e. The van der Waals surface area contributed by atoms with Gasteiger partial charge in [0.1, 0.15) is 0 Å². The minimum absolute atomic E-state index is 0.0436. The van der Waals surface area contributed by atoms with Crippen LogP contribution in [-0.4, -0.2) is 17.7 Å². The molecule has 3 aromatic rings. The average Bonchev–Trinajstić information content (AvgIpc) is 3.13. The Morgan fingerprint density at radius 3 is 2.28 bits per heavy atom. The zero-order valence-corrected chi connectivity index (χ0v) is 19.2. The lowest BCUT2D eigenvalue weighted by atomic mass is 9.73. The number of nitrogens with zero attached hydrogens (tertiary/aromatic N) is 1. The fourth-order valence-corrected chi connectivity index (χ4v) is 5.28. The minimum atomic E-state index is -4.63. The molecular weight excluding hydrogens is 469 g/mol. The Balaban J connectivity index is 1.37. The number of benzene rings is 3. The summed E-state index contributed by atoms with van der Waals surface area (Å²) >= 11 is 0. The van der Waals surface area contributed by atoms with Crippen molar-refractivity contribution >= 4 is 29.1 Å². The van der Waals surface area contributed by atoms with Gasteiger partial charge in [-0.25, -0.2) is 0 Å². The molecule has 8 heteroatoms. The van der Waals surface area contributed by atoms with Gasteiger partial charge in [0.15, 0.2) is 0 Å². The van der Waals surface area contributed by atoms with E-state index in [9.17, 15) is 27.6 Å². The van der Waals surface area contributed by atoms with Crippen molar-refractivity contribution in [1.29, 1.82) is 0 Å². The molecule has 1 saturated carbocycles. The lowest BCUT2D eigenvalue weighted by Gasteiger charge is -2.28. The van der Waals surface area contributed by atoms with E-state index in [1.165, 1.54) is 36.4 Å². The maximum absolute atomic E-state index is 13.3. The molecule has 0 spiro atoms. The fraction of sp³-hybridized carbons (Fsp3) is 0.250. The summed E-state index contributed by atoms with van der Waals surface area (Å²) in [5.74, 6) is -2.02. The van der Waals surface area contributed by atoms with E-state index < -0.39 is 29.5 Å². The van der Waals surface area contributed by atoms with Gasteiger partial charge in [-0.1, -0.05) is 48.5 Å². The number of fused-ring (bicyclic) bond motifs is 1. The van der Waals surface area contributed by atoms with Crippen LogP contribution in [0.15, 0.2) is 78.9 Å². The van der Waals surface area contributed by atoms with Crippen LogP contribution in [0.5, 0.6) is 0 Å². The molecular formula is C28H23F3N2O3. The largest absolute Gasteiger partial charge is 0.418 e. The van der Waals surface area contributed by atoms with Gasteiger partial charge in [0, 0.05) is 5.56 Å². The second kappa shape index (κ2) is 9.26. The number of carbonyl (C=O) groups excluding carboxylic acids is 3. The number of rotatable bonds is 4. The molecule has 0 radical (unpaired) electrons. The molecule has 2 fully saturated rings. The quantitative estimate of drug-likeness (QED) is 0.452. The first-order valence-electron chi connectivity index (χ1n) is 11.7. The molecule has 36 heavy (non-hydrogen) atoms. The van der Waals surface area contributed by atoms with E-state index >= 15 is 0 Å². The first kappa shape index (κ1) is 23.8. The van der Waals surface area contributed by atoms with E-state index in [0.29, 0.717) is 12.8 Å². The molecule has 1 aliphatic heterocycles. The van der Waals surface area contributed by atoms with Crippen LogP contribution >= 0.6 is 0 Å². The van der Waals surface area contributed by atoms with Gasteiger partial charge >= 0.3 is 6.18 Å². The van der Waals surface area contributed by atoms with E-state index in [0.717, 1.165) is 23.0 Å². The van der Waals surface area contributed by atoms with Gasteiger partial charge in [0.25, 0.3) is 5.91 Å². The van der Waals surface area contributed by atoms with Crippen LogP contribution in [0, 0.1) is 11.8 Å². The normalized spacial score (nSPS) is 21.9. The Hall–Kier alpha value is -3.94. The fourth-order valence-electron chi connectivity index (χ4n) is 5.28. The van der Waals surface area contributed by atoms with Gasteiger partial charge in [-0.05, 0) is 61.1 Å². The maximum Gasteiger partial charge on any atom is 0.418 e. The number of anilines is 2. The van der Waals surface area contributed by atoms with Crippen LogP contribution in [0.4, 0.5) is 24.5 Å². The Morgan fingerprint density at radius 1 is 0.833 bits per heavy atom. The molecule has 1 heterocycles. The molecule has 184 valence electrons. The monoisotopic (exact) mass is 492 g/mol. The Labute approximate surface area is 205 Å². The number of halogens is 3. The van der Waals surface area contributed by atoms with Crippen LogP contribution in [0.3, 0.4) is 0 Å². The van der Waals surface area contributed by atoms with Crippen molar-refractivity contribution in [2.24, 2.45) is 11.8 Å². The highest BCUT2D eigenvalue weighted by atomic mass is 19.4. The number of amides is 3. The Kier molecular flexibility index (Phi) is 6.12. The standard InChI is InChI=1S/C28H23F3N2O3/c29-28(30,31)23-11-4-5-12-24(23)32-25(34)19-9-6-10-20(15-19)33-26(35)21-14-13-18(16-22(21)27(33)36)17-7-2-1-3-8-17/h1-12,15,18,21-22H,13-14,16H2,(H,32,34)/t18-,21-,22+/m1/s1. The van der Waals surface area contributed by atoms with Crippen molar-refractivity contribution in [3.05, 3.63) is 95.6 Å². The van der Waals surface area contributed by atoms with E-state index in [2.05, 4.69) is 5.32 Å². The van der Waals surface area contributed by atoms with E-state index in [1.807, 2.05) is 30.3 Å². The van der Waals surface area contributed by atoms with Gasteiger partial charge in [-0.3, -0.25) is 19.3 Å². The molecule has 1 N–H and O–H groups in total. The van der Waals surface area contributed by atoms with Gasteiger partial charge in [0.05, 0.1) is 28.8 Å². The zero-order chi connectivity index (χ0) is 25.4. The van der Waals surface area contributed by atoms with Gasteiger partial charge in [-0.15, -0.1) is 0 Å². The average molecular weight is 492 g/mol. The highest BCUT2D eigenvalue weighted by molar-refractivity contribution is 6.22. The summed E-state index contributed by atoms with van der Waals surface area (Å²) in [5, 5.41) is 2.30. The van der Waals surface area contributed by atoms with Crippen molar-refractivity contribution in [3.8, 4) is 0 Å². The van der Waals surface area contributed by atoms with Gasteiger partial charge in [0.2, 0.25) is 11.8 Å². The number of alkyl halides is 3. The third-order valence-electron chi connectivity index (χ3n) is 7.04. The van der Waals surface area contributed by atoms with Crippen LogP contribution in [0.1, 0.15) is 46.7 Å². The molecule has 3 aromatic carbocycles. The van der Waals surface area contributed by atoms with E-state index in [4.69, 9.17) is 0 Å². The Bertz CT molecular complexity index is 1320. The van der Waals surface area contributed by atoms with Crippen molar-refractivity contribution in [2.45, 2.75) is 31.4 Å². The summed E-state index contributed by atoms with van der Waals surface area (Å²) in [6.45, 7) is 0. The highest BCUT2D eigenvalue weighted by Gasteiger charge is 2.50. The molecule has 0 unspecified atom stereocenters. The van der Waals surface area contributed by atoms with Crippen LogP contribution in [0.25, 0.3) is 0 Å². The third kappa shape index (κ3) is 4.39. The zero-order valence-electron chi connectivity index (χ0n) is 19.2. The highest BCUT2D eigenvalue weighted by Crippen LogP contribution is 2.45. The molecule has 3 amide bonds. The van der Waals surface area contributed by atoms with Crippen molar-refractivity contribution in [2.75, 3.05) is 10.2 Å². The molecule has 5 nitrogen and oxygen atoms in total. The van der Waals surface area contributed by atoms with Gasteiger partial charge < -0.3 is 5.32 Å². The molecule has 5 rings (SSSR count). The molecule has 2 aliphatic rings. The lowest BCUT2D eigenvalue weighted by molar-refractivity contribution is -0.137. The molecule has 1 aliphatic carbocycles. The lowest BCUT2D eigenvalue weighted by Crippen LogP contribution is -2.31. The first-order chi connectivity index (χ1) is 17.2. The predicted octanol–water partition coefficient (Wildman–Crippen LogP) is 6.03. The number of para-hydroxylation sites is 1. The van der Waals surface area contributed by atoms with Gasteiger partial charge in [-0.2, -0.15) is 13.2 Å². The first-order valence-corrected chi connectivity index (χ1v) is 11.7. The number of hydrogen-bond acceptors (Lipinski definition) is 3. The number of carbonyl (C=O) groups is 3. The summed E-state index contributed by atoms with van der Waals surface area (Å²) in [6.07, 6.45) is -2.66. The van der Waals surface area contributed by atoms with Crippen LogP contribution < -0.4 is 10.2 Å². The van der Waals surface area contributed by atoms with Crippen molar-refractivity contribution < 1.29 is 27.6 Å². The summed E-state index contributed by atoms with van der Waals surface area (Å²) in [6, 6.07) is 20.5. The van der Waals surface area contributed by atoms with Crippen LogP contribution in [0.2, 0.25) is 0 Å². The number of imide groups is 1. The molecule has 1 saturated heterocycles. The minimum Gasteiger partial charge on any atom is -0.321 e. The van der Waals surface area contributed by atoms with Crippen LogP contribution in [-0.2, 0) is 15.8 Å². The molecule has 0 aromatic heterocycles. The molecule has 3 atom stereocenters. The van der Waals surface area contributed by atoms with E-state index in [-0.39, 0.29) is 34.7 Å². The van der Waals surface area contributed by atoms with Crippen molar-refractivity contribution in [1.82, 2.24) is 0 Å². The second-order valence-corrected chi connectivity index (χ2v) is 9.19. The predicted molar refractivity (Wildman–Crippen MR) is 128 cm³/mol. The number of hydrogen-bond donors (Lipinski definition) is 1. The topological polar surface area (TPSA) is 66.5 Å². The summed E-state index contributed by atoms with van der Waals surface area (Å²) in [7, 11) is 0. The summed E-state index contributed by atoms with van der Waals surface area (Å²) < 4.78 is 39.9. The van der Waals surface area contributed by atoms with E-state index in [1.54, 1.807) is 6.07 Å².